The van der Waals surface area contributed by atoms with Crippen LogP contribution in [0.4, 0.5) is 0 Å². The topological polar surface area (TPSA) is 52.6 Å². The molecule has 0 aliphatic heterocycles. The highest BCUT2D eigenvalue weighted by Crippen LogP contribution is 2.25. The number of benzene rings is 1. The Kier molecular flexibility index (Phi) is 6.06. The molecule has 0 fully saturated rings. The molecule has 1 aromatic carbocycles. The molecule has 0 saturated heterocycles. The maximum atomic E-state index is 11.6. The Hall–Kier alpha value is -1.84. The van der Waals surface area contributed by atoms with Crippen LogP contribution in [0.15, 0.2) is 24.3 Å². The lowest BCUT2D eigenvalue weighted by Gasteiger charge is -2.11. The van der Waals surface area contributed by atoms with Crippen molar-refractivity contribution in [3.63, 3.8) is 0 Å². The van der Waals surface area contributed by atoms with Gasteiger partial charge in [-0.1, -0.05) is 45.4 Å². The van der Waals surface area contributed by atoms with Crippen LogP contribution in [0.5, 0.6) is 5.75 Å². The van der Waals surface area contributed by atoms with Gasteiger partial charge in [-0.25, -0.2) is 9.59 Å². The van der Waals surface area contributed by atoms with Crippen LogP contribution in [0.3, 0.4) is 0 Å². The number of unbranched alkanes of at least 4 members (excludes halogenated alkanes) is 1. The van der Waals surface area contributed by atoms with Gasteiger partial charge in [0.25, 0.3) is 0 Å². The van der Waals surface area contributed by atoms with Gasteiger partial charge >= 0.3 is 11.9 Å². The van der Waals surface area contributed by atoms with Gasteiger partial charge in [-0.2, -0.15) is 0 Å². The maximum Gasteiger partial charge on any atom is 0.422 e. The van der Waals surface area contributed by atoms with E-state index in [-0.39, 0.29) is 12.5 Å². The fraction of sp³-hybridized carbons (Fsp3) is 0.467. The van der Waals surface area contributed by atoms with E-state index in [1.165, 1.54) is 0 Å². The molecule has 0 atom stereocenters. The SMILES string of the molecule is CCCCOC(=O)C(=O)Oc1ccccc1C(C)C. The molecule has 0 heterocycles. The fourth-order valence-corrected chi connectivity index (χ4v) is 1.56. The van der Waals surface area contributed by atoms with Crippen LogP contribution < -0.4 is 4.74 Å². The van der Waals surface area contributed by atoms with Crippen LogP contribution in [0.25, 0.3) is 0 Å². The van der Waals surface area contributed by atoms with E-state index in [2.05, 4.69) is 0 Å². The van der Waals surface area contributed by atoms with Gasteiger partial charge in [0.2, 0.25) is 0 Å². The van der Waals surface area contributed by atoms with E-state index >= 15 is 0 Å². The molecule has 0 unspecified atom stereocenters. The van der Waals surface area contributed by atoms with Gasteiger partial charge < -0.3 is 9.47 Å². The molecule has 0 aliphatic carbocycles. The predicted octanol–water partition coefficient (Wildman–Crippen LogP) is 3.06. The van der Waals surface area contributed by atoms with Crippen LogP contribution in [0.2, 0.25) is 0 Å². The molecule has 1 aromatic rings. The third-order valence-corrected chi connectivity index (χ3v) is 2.64. The first-order valence-corrected chi connectivity index (χ1v) is 6.54. The number of rotatable bonds is 5. The summed E-state index contributed by atoms with van der Waals surface area (Å²) in [6.45, 7) is 6.21. The molecule has 0 amide bonds. The van der Waals surface area contributed by atoms with E-state index in [9.17, 15) is 9.59 Å². The van der Waals surface area contributed by atoms with E-state index < -0.39 is 11.9 Å². The first kappa shape index (κ1) is 15.2. The quantitative estimate of drug-likeness (QED) is 0.355. The Balaban J connectivity index is 2.64. The monoisotopic (exact) mass is 264 g/mol. The molecule has 0 aromatic heterocycles. The highest BCUT2D eigenvalue weighted by atomic mass is 16.6. The van der Waals surface area contributed by atoms with Gasteiger partial charge in [-0.05, 0) is 24.0 Å². The van der Waals surface area contributed by atoms with Crippen molar-refractivity contribution in [1.82, 2.24) is 0 Å². The lowest BCUT2D eigenvalue weighted by atomic mass is 10.0. The Bertz CT molecular complexity index is 438. The fourth-order valence-electron chi connectivity index (χ4n) is 1.56. The van der Waals surface area contributed by atoms with Gasteiger partial charge in [0, 0.05) is 0 Å². The number of esters is 2. The predicted molar refractivity (Wildman–Crippen MR) is 72.0 cm³/mol. The summed E-state index contributed by atoms with van der Waals surface area (Å²) < 4.78 is 9.89. The third kappa shape index (κ3) is 4.73. The molecule has 104 valence electrons. The molecule has 19 heavy (non-hydrogen) atoms. The maximum absolute atomic E-state index is 11.6. The lowest BCUT2D eigenvalue weighted by Crippen LogP contribution is -2.23. The normalized spacial score (nSPS) is 10.3. The Morgan fingerprint density at radius 1 is 1.16 bits per heavy atom. The van der Waals surface area contributed by atoms with Crippen LogP contribution >= 0.6 is 0 Å². The molecule has 0 radical (unpaired) electrons. The number of hydrogen-bond acceptors (Lipinski definition) is 4. The minimum Gasteiger partial charge on any atom is -0.457 e. The summed E-state index contributed by atoms with van der Waals surface area (Å²) in [4.78, 5) is 23.0. The number of para-hydroxylation sites is 1. The van der Waals surface area contributed by atoms with Crippen molar-refractivity contribution in [2.45, 2.75) is 39.5 Å². The minimum absolute atomic E-state index is 0.208. The van der Waals surface area contributed by atoms with Gasteiger partial charge in [0.05, 0.1) is 6.61 Å². The van der Waals surface area contributed by atoms with Crippen molar-refractivity contribution < 1.29 is 19.1 Å². The van der Waals surface area contributed by atoms with Gasteiger partial charge in [-0.3, -0.25) is 0 Å². The summed E-state index contributed by atoms with van der Waals surface area (Å²) in [6, 6.07) is 7.17. The second-order valence-electron chi connectivity index (χ2n) is 4.57. The number of ether oxygens (including phenoxy) is 2. The molecule has 1 rings (SSSR count). The number of hydrogen-bond donors (Lipinski definition) is 0. The summed E-state index contributed by atoms with van der Waals surface area (Å²) in [5.74, 6) is -1.29. The van der Waals surface area contributed by atoms with Crippen LogP contribution in [0.1, 0.15) is 45.1 Å². The van der Waals surface area contributed by atoms with E-state index in [4.69, 9.17) is 9.47 Å². The van der Waals surface area contributed by atoms with Crippen molar-refractivity contribution in [3.05, 3.63) is 29.8 Å². The second-order valence-corrected chi connectivity index (χ2v) is 4.57. The van der Waals surface area contributed by atoms with Crippen molar-refractivity contribution >= 4 is 11.9 Å². The van der Waals surface area contributed by atoms with Gasteiger partial charge in [0.15, 0.2) is 0 Å². The molecule has 0 saturated carbocycles. The first-order valence-electron chi connectivity index (χ1n) is 6.54. The minimum atomic E-state index is -0.968. The average molecular weight is 264 g/mol. The van der Waals surface area contributed by atoms with Gasteiger partial charge in [-0.15, -0.1) is 0 Å². The van der Waals surface area contributed by atoms with Gasteiger partial charge in [0.1, 0.15) is 5.75 Å². The largest absolute Gasteiger partial charge is 0.457 e. The highest BCUT2D eigenvalue weighted by molar-refractivity contribution is 6.30. The second kappa shape index (κ2) is 7.56. The molecular weight excluding hydrogens is 244 g/mol. The van der Waals surface area contributed by atoms with Crippen LogP contribution in [-0.4, -0.2) is 18.5 Å². The molecular formula is C15H20O4. The van der Waals surface area contributed by atoms with E-state index in [0.29, 0.717) is 5.75 Å². The molecule has 0 spiro atoms. The van der Waals surface area contributed by atoms with Crippen LogP contribution in [-0.2, 0) is 14.3 Å². The summed E-state index contributed by atoms with van der Waals surface area (Å²) in [5, 5.41) is 0. The summed E-state index contributed by atoms with van der Waals surface area (Å²) >= 11 is 0. The summed E-state index contributed by atoms with van der Waals surface area (Å²) in [6.07, 6.45) is 1.64. The average Bonchev–Trinajstić information content (AvgIpc) is 2.39. The van der Waals surface area contributed by atoms with Crippen molar-refractivity contribution in [2.24, 2.45) is 0 Å². The van der Waals surface area contributed by atoms with Crippen LogP contribution in [0, 0.1) is 0 Å². The summed E-state index contributed by atoms with van der Waals surface area (Å²) in [5.41, 5.74) is 0.886. The molecule has 4 nitrogen and oxygen atoms in total. The Morgan fingerprint density at radius 3 is 2.47 bits per heavy atom. The standard InChI is InChI=1S/C15H20O4/c1-4-5-10-18-14(16)15(17)19-13-9-7-6-8-12(13)11(2)3/h6-9,11H,4-5,10H2,1-3H3. The molecule has 0 bridgehead atoms. The van der Waals surface area contributed by atoms with Crippen molar-refractivity contribution in [2.75, 3.05) is 6.61 Å². The summed E-state index contributed by atoms with van der Waals surface area (Å²) in [7, 11) is 0. The van der Waals surface area contributed by atoms with E-state index in [1.54, 1.807) is 12.1 Å². The molecule has 4 heteroatoms. The smallest absolute Gasteiger partial charge is 0.422 e. The Morgan fingerprint density at radius 2 is 1.84 bits per heavy atom. The third-order valence-electron chi connectivity index (χ3n) is 2.64. The zero-order valence-corrected chi connectivity index (χ0v) is 11.6. The molecule has 0 aliphatic rings. The number of carbonyl (C=O) groups excluding carboxylic acids is 2. The number of carbonyl (C=O) groups is 2. The zero-order chi connectivity index (χ0) is 14.3. The lowest BCUT2D eigenvalue weighted by molar-refractivity contribution is -0.162. The first-order chi connectivity index (χ1) is 9.06. The zero-order valence-electron chi connectivity index (χ0n) is 11.6. The molecule has 0 N–H and O–H groups in total. The van der Waals surface area contributed by atoms with Crippen molar-refractivity contribution in [3.8, 4) is 5.75 Å². The Labute approximate surface area is 113 Å². The van der Waals surface area contributed by atoms with E-state index in [0.717, 1.165) is 18.4 Å². The highest BCUT2D eigenvalue weighted by Gasteiger charge is 2.20. The van der Waals surface area contributed by atoms with E-state index in [1.807, 2.05) is 32.9 Å². The van der Waals surface area contributed by atoms with Crippen molar-refractivity contribution in [1.29, 1.82) is 0 Å².